The van der Waals surface area contributed by atoms with Crippen LogP contribution in [-0.2, 0) is 6.42 Å². The van der Waals surface area contributed by atoms with Gasteiger partial charge in [-0.15, -0.1) is 0 Å². The molecule has 156 valence electrons. The minimum Gasteiger partial charge on any atom is -0.338 e. The molecule has 30 heavy (non-hydrogen) atoms. The normalized spacial score (nSPS) is 16.5. The minimum atomic E-state index is -0.357. The van der Waals surface area contributed by atoms with Crippen LogP contribution in [0.1, 0.15) is 58.4 Å². The molecule has 1 aliphatic carbocycles. The third-order valence-electron chi connectivity index (χ3n) is 5.73. The molecule has 0 radical (unpaired) electrons. The molecule has 6 nitrogen and oxygen atoms in total. The first-order valence-electron chi connectivity index (χ1n) is 10.3. The molecule has 2 aliphatic rings. The number of hydrogen-bond acceptors (Lipinski definition) is 3. The van der Waals surface area contributed by atoms with Gasteiger partial charge < -0.3 is 10.6 Å². The van der Waals surface area contributed by atoms with Crippen molar-refractivity contribution in [1.29, 1.82) is 0 Å². The Labute approximate surface area is 180 Å². The SMILES string of the molecule is O=C(NCCc1ccc(Cl)cc1)Nc1ccc2c(c1)C(=O)N(C1CCCCC1)C2=O. The third kappa shape index (κ3) is 4.33. The summed E-state index contributed by atoms with van der Waals surface area (Å²) in [6.07, 6.45) is 5.65. The Balaban J connectivity index is 1.36. The average molecular weight is 426 g/mol. The van der Waals surface area contributed by atoms with Crippen molar-refractivity contribution in [2.24, 2.45) is 0 Å². The second kappa shape index (κ2) is 8.88. The van der Waals surface area contributed by atoms with Crippen molar-refractivity contribution < 1.29 is 14.4 Å². The van der Waals surface area contributed by atoms with Gasteiger partial charge in [0.25, 0.3) is 11.8 Å². The van der Waals surface area contributed by atoms with Gasteiger partial charge in [-0.2, -0.15) is 0 Å². The molecular weight excluding hydrogens is 402 g/mol. The van der Waals surface area contributed by atoms with Crippen LogP contribution < -0.4 is 10.6 Å². The van der Waals surface area contributed by atoms with Crippen LogP contribution in [0.25, 0.3) is 0 Å². The van der Waals surface area contributed by atoms with Gasteiger partial charge in [0.05, 0.1) is 11.1 Å². The van der Waals surface area contributed by atoms with E-state index in [0.29, 0.717) is 34.8 Å². The van der Waals surface area contributed by atoms with Crippen molar-refractivity contribution in [2.45, 2.75) is 44.6 Å². The molecule has 2 aromatic rings. The molecule has 0 aromatic heterocycles. The molecule has 4 amide bonds. The van der Waals surface area contributed by atoms with E-state index >= 15 is 0 Å². The number of anilines is 1. The number of nitrogens with one attached hydrogen (secondary N) is 2. The molecule has 2 aromatic carbocycles. The van der Waals surface area contributed by atoms with Gasteiger partial charge in [0.1, 0.15) is 0 Å². The van der Waals surface area contributed by atoms with Crippen molar-refractivity contribution in [1.82, 2.24) is 10.2 Å². The van der Waals surface area contributed by atoms with E-state index in [1.807, 2.05) is 24.3 Å². The Morgan fingerprint density at radius 2 is 1.67 bits per heavy atom. The zero-order valence-electron chi connectivity index (χ0n) is 16.6. The highest BCUT2D eigenvalue weighted by Gasteiger charge is 2.40. The molecule has 1 aliphatic heterocycles. The standard InChI is InChI=1S/C23H24ClN3O3/c24-16-8-6-15(7-9-16)12-13-25-23(30)26-17-10-11-19-20(14-17)22(29)27(21(19)28)18-4-2-1-3-5-18/h6-11,14,18H,1-5,12-13H2,(H2,25,26,30). The summed E-state index contributed by atoms with van der Waals surface area (Å²) in [5.41, 5.74) is 2.34. The Hall–Kier alpha value is -2.86. The highest BCUT2D eigenvalue weighted by Crippen LogP contribution is 2.32. The van der Waals surface area contributed by atoms with E-state index in [0.717, 1.165) is 37.7 Å². The van der Waals surface area contributed by atoms with E-state index in [2.05, 4.69) is 10.6 Å². The second-order valence-corrected chi connectivity index (χ2v) is 8.23. The van der Waals surface area contributed by atoms with Crippen LogP contribution in [0.2, 0.25) is 5.02 Å². The highest BCUT2D eigenvalue weighted by molar-refractivity contribution is 6.30. The summed E-state index contributed by atoms with van der Waals surface area (Å²) in [7, 11) is 0. The Morgan fingerprint density at radius 1 is 0.967 bits per heavy atom. The van der Waals surface area contributed by atoms with Crippen molar-refractivity contribution >= 4 is 35.1 Å². The van der Waals surface area contributed by atoms with E-state index in [1.165, 1.54) is 4.90 Å². The number of hydrogen-bond donors (Lipinski definition) is 2. The fraction of sp³-hybridized carbons (Fsp3) is 0.348. The van der Waals surface area contributed by atoms with Gasteiger partial charge in [0, 0.05) is 23.3 Å². The number of benzene rings is 2. The quantitative estimate of drug-likeness (QED) is 0.685. The maximum atomic E-state index is 12.9. The van der Waals surface area contributed by atoms with E-state index in [1.54, 1.807) is 18.2 Å². The van der Waals surface area contributed by atoms with Crippen LogP contribution in [-0.4, -0.2) is 35.3 Å². The smallest absolute Gasteiger partial charge is 0.319 e. The van der Waals surface area contributed by atoms with Crippen molar-refractivity contribution in [3.8, 4) is 0 Å². The molecule has 7 heteroatoms. The molecule has 0 unspecified atom stereocenters. The third-order valence-corrected chi connectivity index (χ3v) is 5.98. The summed E-state index contributed by atoms with van der Waals surface area (Å²) in [4.78, 5) is 39.2. The molecule has 1 heterocycles. The molecule has 0 bridgehead atoms. The predicted octanol–water partition coefficient (Wildman–Crippen LogP) is 4.63. The first-order chi connectivity index (χ1) is 14.5. The van der Waals surface area contributed by atoms with Crippen molar-refractivity contribution in [3.63, 3.8) is 0 Å². The van der Waals surface area contributed by atoms with Gasteiger partial charge in [0.2, 0.25) is 0 Å². The predicted molar refractivity (Wildman–Crippen MR) is 116 cm³/mol. The summed E-state index contributed by atoms with van der Waals surface area (Å²) >= 11 is 5.87. The number of halogens is 1. The topological polar surface area (TPSA) is 78.5 Å². The van der Waals surface area contributed by atoms with Gasteiger partial charge in [0.15, 0.2) is 0 Å². The van der Waals surface area contributed by atoms with Crippen LogP contribution >= 0.6 is 11.6 Å². The molecule has 4 rings (SSSR count). The zero-order chi connectivity index (χ0) is 21.1. The minimum absolute atomic E-state index is 0.0151. The lowest BCUT2D eigenvalue weighted by Gasteiger charge is -2.29. The number of fused-ring (bicyclic) bond motifs is 1. The lowest BCUT2D eigenvalue weighted by atomic mass is 9.94. The van der Waals surface area contributed by atoms with E-state index in [4.69, 9.17) is 11.6 Å². The van der Waals surface area contributed by atoms with Gasteiger partial charge in [-0.3, -0.25) is 14.5 Å². The Bertz CT molecular complexity index is 968. The van der Waals surface area contributed by atoms with E-state index in [9.17, 15) is 14.4 Å². The summed E-state index contributed by atoms with van der Waals surface area (Å²) in [5.74, 6) is -0.477. The maximum absolute atomic E-state index is 12.9. The fourth-order valence-electron chi connectivity index (χ4n) is 4.15. The zero-order valence-corrected chi connectivity index (χ0v) is 17.4. The largest absolute Gasteiger partial charge is 0.338 e. The first-order valence-corrected chi connectivity index (χ1v) is 10.7. The maximum Gasteiger partial charge on any atom is 0.319 e. The van der Waals surface area contributed by atoms with Crippen LogP contribution in [0.5, 0.6) is 0 Å². The highest BCUT2D eigenvalue weighted by atomic mass is 35.5. The van der Waals surface area contributed by atoms with Crippen molar-refractivity contribution in [3.05, 3.63) is 64.2 Å². The molecular formula is C23H24ClN3O3. The first kappa shape index (κ1) is 20.4. The Morgan fingerprint density at radius 3 is 2.40 bits per heavy atom. The lowest BCUT2D eigenvalue weighted by molar-refractivity contribution is 0.0549. The number of carbonyl (C=O) groups is 3. The van der Waals surface area contributed by atoms with Crippen LogP contribution in [0.4, 0.5) is 10.5 Å². The molecule has 0 spiro atoms. The monoisotopic (exact) mass is 425 g/mol. The summed E-state index contributed by atoms with van der Waals surface area (Å²) in [5, 5.41) is 6.22. The number of nitrogens with zero attached hydrogens (tertiary/aromatic N) is 1. The molecule has 1 saturated carbocycles. The molecule has 0 saturated heterocycles. The van der Waals surface area contributed by atoms with E-state index in [-0.39, 0.29) is 23.9 Å². The number of carbonyl (C=O) groups excluding carboxylic acids is 3. The second-order valence-electron chi connectivity index (χ2n) is 7.79. The van der Waals surface area contributed by atoms with E-state index < -0.39 is 0 Å². The van der Waals surface area contributed by atoms with Crippen LogP contribution in [0.15, 0.2) is 42.5 Å². The summed E-state index contributed by atoms with van der Waals surface area (Å²) < 4.78 is 0. The number of imide groups is 1. The number of urea groups is 1. The summed E-state index contributed by atoms with van der Waals surface area (Å²) in [6, 6.07) is 12.0. The van der Waals surface area contributed by atoms with Gasteiger partial charge in [-0.1, -0.05) is 43.0 Å². The number of rotatable bonds is 5. The summed E-state index contributed by atoms with van der Waals surface area (Å²) in [6.45, 7) is 0.464. The van der Waals surface area contributed by atoms with Gasteiger partial charge >= 0.3 is 6.03 Å². The van der Waals surface area contributed by atoms with Crippen LogP contribution in [0.3, 0.4) is 0 Å². The van der Waals surface area contributed by atoms with Crippen molar-refractivity contribution in [2.75, 3.05) is 11.9 Å². The fourth-order valence-corrected chi connectivity index (χ4v) is 4.28. The number of amides is 4. The molecule has 2 N–H and O–H groups in total. The Kier molecular flexibility index (Phi) is 6.04. The van der Waals surface area contributed by atoms with Gasteiger partial charge in [-0.05, 0) is 55.2 Å². The van der Waals surface area contributed by atoms with Gasteiger partial charge in [-0.25, -0.2) is 4.79 Å². The lowest BCUT2D eigenvalue weighted by Crippen LogP contribution is -2.40. The average Bonchev–Trinajstić information content (AvgIpc) is 3.00. The molecule has 1 fully saturated rings. The molecule has 0 atom stereocenters. The van der Waals surface area contributed by atoms with Crippen LogP contribution in [0, 0.1) is 0 Å².